The van der Waals surface area contributed by atoms with E-state index in [1.54, 1.807) is 18.3 Å². The first kappa shape index (κ1) is 15.4. The molecule has 19 heavy (non-hydrogen) atoms. The summed E-state index contributed by atoms with van der Waals surface area (Å²) < 4.78 is 5.10. The molecule has 1 rings (SSSR count). The number of carbonyl (C=O) groups is 1. The third-order valence-corrected chi connectivity index (χ3v) is 2.97. The number of hydrogen-bond donors (Lipinski definition) is 2. The van der Waals surface area contributed by atoms with Gasteiger partial charge in [-0.15, -0.1) is 0 Å². The predicted molar refractivity (Wildman–Crippen MR) is 76.1 cm³/mol. The smallest absolute Gasteiger partial charge is 0.237 e. The fraction of sp³-hybridized carbons (Fsp3) is 0.571. The number of rotatable bonds is 7. The molecule has 3 N–H and O–H groups in total. The molecule has 1 aromatic rings. The molecule has 1 aromatic heterocycles. The van der Waals surface area contributed by atoms with Gasteiger partial charge in [0.2, 0.25) is 11.8 Å². The lowest BCUT2D eigenvalue weighted by Crippen LogP contribution is -2.22. The molecular formula is C14H23N3O2. The molecule has 2 atom stereocenters. The molecule has 0 saturated carbocycles. The summed E-state index contributed by atoms with van der Waals surface area (Å²) in [6.45, 7) is 3.89. The van der Waals surface area contributed by atoms with Gasteiger partial charge in [-0.05, 0) is 31.9 Å². The zero-order valence-corrected chi connectivity index (χ0v) is 11.8. The maximum Gasteiger partial charge on any atom is 0.237 e. The SMILES string of the molecule is COc1ncccc1NC(=O)C(C)CCCC(C)N. The number of aromatic nitrogens is 1. The van der Waals surface area contributed by atoms with Crippen LogP contribution in [0.15, 0.2) is 18.3 Å². The lowest BCUT2D eigenvalue weighted by Gasteiger charge is -2.14. The van der Waals surface area contributed by atoms with E-state index in [2.05, 4.69) is 10.3 Å². The van der Waals surface area contributed by atoms with Crippen molar-refractivity contribution in [3.63, 3.8) is 0 Å². The Labute approximate surface area is 114 Å². The lowest BCUT2D eigenvalue weighted by atomic mass is 10.0. The predicted octanol–water partition coefficient (Wildman–Crippen LogP) is 2.18. The fourth-order valence-corrected chi connectivity index (χ4v) is 1.78. The van der Waals surface area contributed by atoms with Crippen LogP contribution < -0.4 is 15.8 Å². The van der Waals surface area contributed by atoms with Crippen LogP contribution in [0.3, 0.4) is 0 Å². The molecule has 0 radical (unpaired) electrons. The van der Waals surface area contributed by atoms with E-state index < -0.39 is 0 Å². The summed E-state index contributed by atoms with van der Waals surface area (Å²) in [6, 6.07) is 3.73. The van der Waals surface area contributed by atoms with Crippen LogP contribution >= 0.6 is 0 Å². The van der Waals surface area contributed by atoms with Crippen LogP contribution in [-0.4, -0.2) is 24.0 Å². The summed E-state index contributed by atoms with van der Waals surface area (Å²) in [4.78, 5) is 16.1. The summed E-state index contributed by atoms with van der Waals surface area (Å²) >= 11 is 0. The number of nitrogens with zero attached hydrogens (tertiary/aromatic N) is 1. The Kier molecular flexibility index (Phi) is 6.29. The topological polar surface area (TPSA) is 77.2 Å². The number of methoxy groups -OCH3 is 1. The first-order valence-electron chi connectivity index (χ1n) is 6.60. The van der Waals surface area contributed by atoms with E-state index in [4.69, 9.17) is 10.5 Å². The number of amides is 1. The average Bonchev–Trinajstić information content (AvgIpc) is 2.38. The van der Waals surface area contributed by atoms with Crippen LogP contribution in [0.5, 0.6) is 5.88 Å². The van der Waals surface area contributed by atoms with Gasteiger partial charge in [-0.1, -0.05) is 13.3 Å². The zero-order valence-electron chi connectivity index (χ0n) is 11.8. The normalized spacial score (nSPS) is 13.7. The number of nitrogens with one attached hydrogen (secondary N) is 1. The maximum atomic E-state index is 12.0. The Bertz CT molecular complexity index is 407. The van der Waals surface area contributed by atoms with E-state index in [0.717, 1.165) is 19.3 Å². The van der Waals surface area contributed by atoms with Crippen molar-refractivity contribution in [1.29, 1.82) is 0 Å². The minimum atomic E-state index is -0.0522. The van der Waals surface area contributed by atoms with Crippen LogP contribution in [0, 0.1) is 5.92 Å². The minimum absolute atomic E-state index is 0.0176. The number of pyridine rings is 1. The molecule has 0 saturated heterocycles. The third kappa shape index (κ3) is 5.26. The van der Waals surface area contributed by atoms with Gasteiger partial charge in [0.25, 0.3) is 0 Å². The molecule has 1 amide bonds. The highest BCUT2D eigenvalue weighted by atomic mass is 16.5. The summed E-state index contributed by atoms with van der Waals surface area (Å²) in [5, 5.41) is 2.84. The molecule has 2 unspecified atom stereocenters. The molecule has 0 aliphatic carbocycles. The van der Waals surface area contributed by atoms with Crippen molar-refractivity contribution in [3.05, 3.63) is 18.3 Å². The van der Waals surface area contributed by atoms with Crippen molar-refractivity contribution in [3.8, 4) is 5.88 Å². The van der Waals surface area contributed by atoms with Gasteiger partial charge in [0.05, 0.1) is 7.11 Å². The molecule has 106 valence electrons. The largest absolute Gasteiger partial charge is 0.480 e. The van der Waals surface area contributed by atoms with E-state index in [0.29, 0.717) is 11.6 Å². The number of ether oxygens (including phenoxy) is 1. The van der Waals surface area contributed by atoms with Gasteiger partial charge in [-0.2, -0.15) is 0 Å². The van der Waals surface area contributed by atoms with Crippen molar-refractivity contribution in [2.24, 2.45) is 11.7 Å². The Hall–Kier alpha value is -1.62. The quantitative estimate of drug-likeness (QED) is 0.792. The second-order valence-corrected chi connectivity index (χ2v) is 4.86. The zero-order chi connectivity index (χ0) is 14.3. The molecule has 0 spiro atoms. The third-order valence-electron chi connectivity index (χ3n) is 2.97. The monoisotopic (exact) mass is 265 g/mol. The molecule has 5 heteroatoms. The van der Waals surface area contributed by atoms with Crippen LogP contribution in [-0.2, 0) is 4.79 Å². The summed E-state index contributed by atoms with van der Waals surface area (Å²) in [5.74, 6) is 0.360. The molecule has 0 bridgehead atoms. The summed E-state index contributed by atoms with van der Waals surface area (Å²) in [7, 11) is 1.53. The van der Waals surface area contributed by atoms with Gasteiger partial charge in [0.15, 0.2) is 0 Å². The van der Waals surface area contributed by atoms with Crippen LogP contribution in [0.25, 0.3) is 0 Å². The molecule has 0 aromatic carbocycles. The highest BCUT2D eigenvalue weighted by Crippen LogP contribution is 2.21. The Balaban J connectivity index is 2.49. The molecular weight excluding hydrogens is 242 g/mol. The highest BCUT2D eigenvalue weighted by Gasteiger charge is 2.15. The van der Waals surface area contributed by atoms with Crippen molar-refractivity contribution in [2.75, 3.05) is 12.4 Å². The summed E-state index contributed by atoms with van der Waals surface area (Å²) in [6.07, 6.45) is 4.35. The van der Waals surface area contributed by atoms with Gasteiger partial charge in [-0.3, -0.25) is 4.79 Å². The number of hydrogen-bond acceptors (Lipinski definition) is 4. The van der Waals surface area contributed by atoms with Crippen LogP contribution in [0.4, 0.5) is 5.69 Å². The first-order valence-corrected chi connectivity index (χ1v) is 6.60. The molecule has 1 heterocycles. The number of carbonyl (C=O) groups excluding carboxylic acids is 1. The Morgan fingerprint density at radius 3 is 2.84 bits per heavy atom. The first-order chi connectivity index (χ1) is 9.04. The van der Waals surface area contributed by atoms with Gasteiger partial charge in [0.1, 0.15) is 5.69 Å². The van der Waals surface area contributed by atoms with Crippen LogP contribution in [0.1, 0.15) is 33.1 Å². The van der Waals surface area contributed by atoms with Crippen molar-refractivity contribution < 1.29 is 9.53 Å². The Morgan fingerprint density at radius 2 is 2.21 bits per heavy atom. The second kappa shape index (κ2) is 7.74. The van der Waals surface area contributed by atoms with E-state index in [1.165, 1.54) is 7.11 Å². The van der Waals surface area contributed by atoms with Crippen molar-refractivity contribution in [2.45, 2.75) is 39.2 Å². The summed E-state index contributed by atoms with van der Waals surface area (Å²) in [5.41, 5.74) is 6.30. The van der Waals surface area contributed by atoms with E-state index in [9.17, 15) is 4.79 Å². The van der Waals surface area contributed by atoms with E-state index >= 15 is 0 Å². The fourth-order valence-electron chi connectivity index (χ4n) is 1.78. The van der Waals surface area contributed by atoms with E-state index in [1.807, 2.05) is 13.8 Å². The molecule has 0 aliphatic heterocycles. The maximum absolute atomic E-state index is 12.0. The number of anilines is 1. The van der Waals surface area contributed by atoms with Crippen molar-refractivity contribution in [1.82, 2.24) is 4.98 Å². The molecule has 0 fully saturated rings. The van der Waals surface area contributed by atoms with Gasteiger partial charge in [-0.25, -0.2) is 4.98 Å². The van der Waals surface area contributed by atoms with Gasteiger partial charge >= 0.3 is 0 Å². The van der Waals surface area contributed by atoms with Crippen molar-refractivity contribution >= 4 is 11.6 Å². The average molecular weight is 265 g/mol. The standard InChI is InChI=1S/C14H23N3O2/c1-10(6-4-7-11(2)15)13(18)17-12-8-5-9-16-14(12)19-3/h5,8-11H,4,6-7,15H2,1-3H3,(H,17,18). The molecule has 0 aliphatic rings. The van der Waals surface area contributed by atoms with Gasteiger partial charge < -0.3 is 15.8 Å². The van der Waals surface area contributed by atoms with Gasteiger partial charge in [0, 0.05) is 18.2 Å². The Morgan fingerprint density at radius 1 is 1.47 bits per heavy atom. The second-order valence-electron chi connectivity index (χ2n) is 4.86. The highest BCUT2D eigenvalue weighted by molar-refractivity contribution is 5.93. The van der Waals surface area contributed by atoms with Crippen LogP contribution in [0.2, 0.25) is 0 Å². The number of nitrogens with two attached hydrogens (primary N) is 1. The molecule has 5 nitrogen and oxygen atoms in total. The lowest BCUT2D eigenvalue weighted by molar-refractivity contribution is -0.119. The van der Waals surface area contributed by atoms with E-state index in [-0.39, 0.29) is 17.9 Å². The minimum Gasteiger partial charge on any atom is -0.480 e.